The van der Waals surface area contributed by atoms with Crippen LogP contribution in [0.2, 0.25) is 0 Å². The van der Waals surface area contributed by atoms with E-state index in [1.54, 1.807) is 0 Å². The fraction of sp³-hybridized carbons (Fsp3) is 0.526. The van der Waals surface area contributed by atoms with Crippen LogP contribution in [0.3, 0.4) is 0 Å². The van der Waals surface area contributed by atoms with Crippen LogP contribution in [0.25, 0.3) is 0 Å². The zero-order valence-corrected chi connectivity index (χ0v) is 15.8. The van der Waals surface area contributed by atoms with Crippen LogP contribution < -0.4 is 10.1 Å². The van der Waals surface area contributed by atoms with E-state index in [4.69, 9.17) is 9.47 Å². The molecule has 2 rings (SSSR count). The van der Waals surface area contributed by atoms with E-state index >= 15 is 0 Å². The SMILES string of the molecule is CCC1(CC)NC(=O)N(CC(=O)OCCOc2cc(C)cc(C)c2)C1=O. The number of rotatable bonds is 8. The molecule has 0 unspecified atom stereocenters. The molecule has 26 heavy (non-hydrogen) atoms. The predicted molar refractivity (Wildman–Crippen MR) is 95.9 cm³/mol. The largest absolute Gasteiger partial charge is 0.490 e. The van der Waals surface area contributed by atoms with Crippen LogP contribution in [0, 0.1) is 13.8 Å². The maximum Gasteiger partial charge on any atom is 0.326 e. The average molecular weight is 362 g/mol. The fourth-order valence-corrected chi connectivity index (χ4v) is 3.06. The van der Waals surface area contributed by atoms with Crippen LogP contribution in [-0.4, -0.2) is 48.1 Å². The van der Waals surface area contributed by atoms with Gasteiger partial charge in [-0.1, -0.05) is 19.9 Å². The number of carbonyl (C=O) groups excluding carboxylic acids is 3. The van der Waals surface area contributed by atoms with Crippen molar-refractivity contribution in [3.8, 4) is 5.75 Å². The van der Waals surface area contributed by atoms with Gasteiger partial charge in [0.2, 0.25) is 0 Å². The molecule has 1 aliphatic rings. The second-order valence-electron chi connectivity index (χ2n) is 6.50. The maximum absolute atomic E-state index is 12.4. The summed E-state index contributed by atoms with van der Waals surface area (Å²) in [5.74, 6) is -0.306. The van der Waals surface area contributed by atoms with Crippen molar-refractivity contribution in [1.29, 1.82) is 0 Å². The Hall–Kier alpha value is -2.57. The molecule has 1 heterocycles. The van der Waals surface area contributed by atoms with Crippen LogP contribution in [0.5, 0.6) is 5.75 Å². The van der Waals surface area contributed by atoms with Gasteiger partial charge in [-0.15, -0.1) is 0 Å². The molecule has 142 valence electrons. The van der Waals surface area contributed by atoms with Crippen LogP contribution in [0.15, 0.2) is 18.2 Å². The molecule has 1 N–H and O–H groups in total. The van der Waals surface area contributed by atoms with E-state index in [9.17, 15) is 14.4 Å². The van der Waals surface area contributed by atoms with Gasteiger partial charge in [-0.2, -0.15) is 0 Å². The quantitative estimate of drug-likeness (QED) is 0.436. The van der Waals surface area contributed by atoms with Crippen molar-refractivity contribution in [3.63, 3.8) is 0 Å². The zero-order chi connectivity index (χ0) is 19.3. The lowest BCUT2D eigenvalue weighted by molar-refractivity contribution is -0.148. The van der Waals surface area contributed by atoms with E-state index in [1.807, 2.05) is 45.9 Å². The number of carbonyl (C=O) groups is 3. The highest BCUT2D eigenvalue weighted by Gasteiger charge is 2.49. The van der Waals surface area contributed by atoms with Gasteiger partial charge in [-0.3, -0.25) is 14.5 Å². The molecule has 0 atom stereocenters. The summed E-state index contributed by atoms with van der Waals surface area (Å²) in [6.45, 7) is 7.46. The van der Waals surface area contributed by atoms with E-state index in [0.717, 1.165) is 16.0 Å². The molecule has 1 saturated heterocycles. The topological polar surface area (TPSA) is 84.9 Å². The summed E-state index contributed by atoms with van der Waals surface area (Å²) >= 11 is 0. The summed E-state index contributed by atoms with van der Waals surface area (Å²) in [7, 11) is 0. The van der Waals surface area contributed by atoms with Crippen molar-refractivity contribution < 1.29 is 23.9 Å². The number of ether oxygens (including phenoxy) is 2. The Morgan fingerprint density at radius 1 is 1.08 bits per heavy atom. The van der Waals surface area contributed by atoms with Gasteiger partial charge in [-0.05, 0) is 49.9 Å². The number of imide groups is 1. The first-order valence-corrected chi connectivity index (χ1v) is 8.82. The fourth-order valence-electron chi connectivity index (χ4n) is 3.06. The summed E-state index contributed by atoms with van der Waals surface area (Å²) in [4.78, 5) is 37.3. The molecule has 7 heteroatoms. The molecule has 0 aromatic heterocycles. The number of aryl methyl sites for hydroxylation is 2. The summed E-state index contributed by atoms with van der Waals surface area (Å²) in [6, 6.07) is 5.29. The molecule has 1 fully saturated rings. The Kier molecular flexibility index (Phi) is 6.23. The first-order chi connectivity index (χ1) is 12.3. The molecule has 0 saturated carbocycles. The molecule has 0 radical (unpaired) electrons. The Bertz CT molecular complexity index is 677. The molecule has 7 nitrogen and oxygen atoms in total. The number of benzene rings is 1. The van der Waals surface area contributed by atoms with Crippen LogP contribution in [0.4, 0.5) is 4.79 Å². The van der Waals surface area contributed by atoms with Gasteiger partial charge >= 0.3 is 12.0 Å². The van der Waals surface area contributed by atoms with Crippen molar-refractivity contribution in [1.82, 2.24) is 10.2 Å². The van der Waals surface area contributed by atoms with Crippen LogP contribution in [-0.2, 0) is 14.3 Å². The van der Waals surface area contributed by atoms with Crippen molar-refractivity contribution in [3.05, 3.63) is 29.3 Å². The van der Waals surface area contributed by atoms with E-state index in [-0.39, 0.29) is 19.1 Å². The highest BCUT2D eigenvalue weighted by Crippen LogP contribution is 2.24. The summed E-state index contributed by atoms with van der Waals surface area (Å²) in [5.41, 5.74) is 1.26. The van der Waals surface area contributed by atoms with Crippen molar-refractivity contribution >= 4 is 17.9 Å². The molecule has 0 spiro atoms. The Morgan fingerprint density at radius 2 is 1.69 bits per heavy atom. The molecule has 1 aliphatic heterocycles. The van der Waals surface area contributed by atoms with Crippen LogP contribution >= 0.6 is 0 Å². The Balaban J connectivity index is 1.80. The van der Waals surface area contributed by atoms with Crippen molar-refractivity contribution in [2.45, 2.75) is 46.1 Å². The highest BCUT2D eigenvalue weighted by molar-refractivity contribution is 6.08. The monoisotopic (exact) mass is 362 g/mol. The predicted octanol–water partition coefficient (Wildman–Crippen LogP) is 2.34. The minimum atomic E-state index is -0.913. The standard InChI is InChI=1S/C19H26N2O5/c1-5-19(6-2)17(23)21(18(24)20-19)12-16(22)26-8-7-25-15-10-13(3)9-14(4)11-15/h9-11H,5-8,12H2,1-4H3,(H,20,24). The second-order valence-corrected chi connectivity index (χ2v) is 6.50. The van der Waals surface area contributed by atoms with E-state index in [0.29, 0.717) is 18.6 Å². The Labute approximate surface area is 153 Å². The summed E-state index contributed by atoms with van der Waals surface area (Å²) in [5, 5.41) is 2.68. The number of hydrogen-bond donors (Lipinski definition) is 1. The zero-order valence-electron chi connectivity index (χ0n) is 15.8. The molecule has 3 amide bonds. The molecular weight excluding hydrogens is 336 g/mol. The van der Waals surface area contributed by atoms with E-state index in [1.165, 1.54) is 0 Å². The number of amides is 3. The van der Waals surface area contributed by atoms with Gasteiger partial charge < -0.3 is 14.8 Å². The van der Waals surface area contributed by atoms with Gasteiger partial charge in [0, 0.05) is 0 Å². The van der Waals surface area contributed by atoms with Gasteiger partial charge in [0.05, 0.1) is 0 Å². The minimum Gasteiger partial charge on any atom is -0.490 e. The van der Waals surface area contributed by atoms with Crippen molar-refractivity contribution in [2.24, 2.45) is 0 Å². The van der Waals surface area contributed by atoms with E-state index in [2.05, 4.69) is 5.32 Å². The lowest BCUT2D eigenvalue weighted by Crippen LogP contribution is -2.46. The number of esters is 1. The van der Waals surface area contributed by atoms with Gasteiger partial charge in [0.25, 0.3) is 5.91 Å². The molecule has 1 aromatic carbocycles. The molecule has 1 aromatic rings. The normalized spacial score (nSPS) is 15.8. The van der Waals surface area contributed by atoms with Gasteiger partial charge in [0.15, 0.2) is 0 Å². The lowest BCUT2D eigenvalue weighted by Gasteiger charge is -2.22. The molecular formula is C19H26N2O5. The number of urea groups is 1. The second kappa shape index (κ2) is 8.21. The smallest absolute Gasteiger partial charge is 0.326 e. The first-order valence-electron chi connectivity index (χ1n) is 8.82. The Morgan fingerprint density at radius 3 is 2.23 bits per heavy atom. The van der Waals surface area contributed by atoms with Crippen LogP contribution in [0.1, 0.15) is 37.8 Å². The minimum absolute atomic E-state index is 0.0438. The van der Waals surface area contributed by atoms with E-state index < -0.39 is 24.1 Å². The summed E-state index contributed by atoms with van der Waals surface area (Å²) < 4.78 is 10.6. The first kappa shape index (κ1) is 19.8. The highest BCUT2D eigenvalue weighted by atomic mass is 16.6. The van der Waals surface area contributed by atoms with Gasteiger partial charge in [-0.25, -0.2) is 4.79 Å². The third-order valence-corrected chi connectivity index (χ3v) is 4.55. The summed E-state index contributed by atoms with van der Waals surface area (Å²) in [6.07, 6.45) is 0.951. The molecule has 0 bridgehead atoms. The maximum atomic E-state index is 12.4. The average Bonchev–Trinajstić information content (AvgIpc) is 2.82. The number of nitrogens with one attached hydrogen (secondary N) is 1. The van der Waals surface area contributed by atoms with Crippen molar-refractivity contribution in [2.75, 3.05) is 19.8 Å². The third-order valence-electron chi connectivity index (χ3n) is 4.55. The molecule has 0 aliphatic carbocycles. The number of hydrogen-bond acceptors (Lipinski definition) is 5. The van der Waals surface area contributed by atoms with Gasteiger partial charge in [0.1, 0.15) is 31.0 Å². The lowest BCUT2D eigenvalue weighted by atomic mass is 9.93. The number of nitrogens with zero attached hydrogens (tertiary/aromatic N) is 1. The third kappa shape index (κ3) is 4.33.